The molecule has 1 saturated heterocycles. The van der Waals surface area contributed by atoms with Gasteiger partial charge in [0.25, 0.3) is 11.5 Å². The molecule has 32 heavy (non-hydrogen) atoms. The normalized spacial score (nSPS) is 15.1. The highest BCUT2D eigenvalue weighted by Crippen LogP contribution is 2.34. The molecule has 0 aliphatic carbocycles. The van der Waals surface area contributed by atoms with Gasteiger partial charge in [-0.05, 0) is 48.7 Å². The molecule has 0 radical (unpaired) electrons. The van der Waals surface area contributed by atoms with Crippen LogP contribution in [0.1, 0.15) is 23.6 Å². The molecule has 0 atom stereocenters. The van der Waals surface area contributed by atoms with Gasteiger partial charge >= 0.3 is 0 Å². The van der Waals surface area contributed by atoms with E-state index >= 15 is 0 Å². The van der Waals surface area contributed by atoms with Gasteiger partial charge in [0.2, 0.25) is 5.88 Å². The standard InChI is InChI=1S/C24H21N3O3S2/c1-4-12-27-23(29)19(32-24(27)31)14-18-21(30-17-10-8-16(5-2)9-11-17)25-20-15(3)7-6-13-26(20)22(18)28/h4,6-11,13-14H,1,5,12H2,2-3H3/b19-14+. The monoisotopic (exact) mass is 463 g/mol. The molecule has 0 bridgehead atoms. The van der Waals surface area contributed by atoms with Crippen molar-refractivity contribution in [1.29, 1.82) is 0 Å². The van der Waals surface area contributed by atoms with Crippen LogP contribution in [0, 0.1) is 6.92 Å². The number of carbonyl (C=O) groups excluding carboxylic acids is 1. The summed E-state index contributed by atoms with van der Waals surface area (Å²) < 4.78 is 7.92. The minimum Gasteiger partial charge on any atom is -0.438 e. The molecule has 0 saturated carbocycles. The van der Waals surface area contributed by atoms with Crippen molar-refractivity contribution in [2.45, 2.75) is 20.3 Å². The summed E-state index contributed by atoms with van der Waals surface area (Å²) in [4.78, 5) is 32.6. The first-order chi connectivity index (χ1) is 15.4. The van der Waals surface area contributed by atoms with Gasteiger partial charge in [0, 0.05) is 12.7 Å². The van der Waals surface area contributed by atoms with Crippen LogP contribution in [-0.2, 0) is 11.2 Å². The largest absolute Gasteiger partial charge is 0.438 e. The first-order valence-electron chi connectivity index (χ1n) is 10.1. The van der Waals surface area contributed by atoms with Crippen LogP contribution < -0.4 is 10.3 Å². The highest BCUT2D eigenvalue weighted by Gasteiger charge is 2.32. The molecule has 4 rings (SSSR count). The predicted molar refractivity (Wildman–Crippen MR) is 132 cm³/mol. The molecule has 3 aromatic rings. The van der Waals surface area contributed by atoms with Crippen LogP contribution in [0.5, 0.6) is 11.6 Å². The number of fused-ring (bicyclic) bond motifs is 1. The third-order valence-corrected chi connectivity index (χ3v) is 6.43. The van der Waals surface area contributed by atoms with Crippen molar-refractivity contribution in [2.75, 3.05) is 6.54 Å². The molecule has 162 valence electrons. The Bertz CT molecular complexity index is 1330. The third-order valence-electron chi connectivity index (χ3n) is 5.06. The second-order valence-electron chi connectivity index (χ2n) is 7.20. The third kappa shape index (κ3) is 4.11. The zero-order chi connectivity index (χ0) is 22.8. The number of thiocarbonyl (C=S) groups is 1. The second-order valence-corrected chi connectivity index (χ2v) is 8.88. The molecule has 0 spiro atoms. The first-order valence-corrected chi connectivity index (χ1v) is 11.3. The predicted octanol–water partition coefficient (Wildman–Crippen LogP) is 4.74. The minimum atomic E-state index is -0.326. The maximum absolute atomic E-state index is 13.4. The van der Waals surface area contributed by atoms with Gasteiger partial charge in [0.1, 0.15) is 21.3 Å². The zero-order valence-electron chi connectivity index (χ0n) is 17.7. The molecule has 8 heteroatoms. The van der Waals surface area contributed by atoms with Crippen molar-refractivity contribution in [3.63, 3.8) is 0 Å². The van der Waals surface area contributed by atoms with Crippen LogP contribution >= 0.6 is 24.0 Å². The number of rotatable bonds is 6. The van der Waals surface area contributed by atoms with Gasteiger partial charge in [-0.15, -0.1) is 6.58 Å². The molecule has 1 amide bonds. The lowest BCUT2D eigenvalue weighted by molar-refractivity contribution is -0.121. The SMILES string of the molecule is C=CCN1C(=O)/C(=C\c2c(Oc3ccc(CC)cc3)nc3c(C)cccn3c2=O)SC1=S. The van der Waals surface area contributed by atoms with E-state index in [1.807, 2.05) is 37.3 Å². The Hall–Kier alpha value is -3.23. The number of hydrogen-bond donors (Lipinski definition) is 0. The van der Waals surface area contributed by atoms with Crippen LogP contribution in [0.4, 0.5) is 0 Å². The summed E-state index contributed by atoms with van der Waals surface area (Å²) in [6.07, 6.45) is 5.68. The average Bonchev–Trinajstić information content (AvgIpc) is 3.05. The van der Waals surface area contributed by atoms with Crippen molar-refractivity contribution >= 4 is 45.9 Å². The Morgan fingerprint density at radius 2 is 1.97 bits per heavy atom. The number of hydrogen-bond acceptors (Lipinski definition) is 6. The smallest absolute Gasteiger partial charge is 0.269 e. The van der Waals surface area contributed by atoms with Crippen molar-refractivity contribution < 1.29 is 9.53 Å². The van der Waals surface area contributed by atoms with Crippen molar-refractivity contribution in [3.8, 4) is 11.6 Å². The first kappa shape index (κ1) is 22.0. The number of nitrogens with zero attached hydrogens (tertiary/aromatic N) is 3. The molecule has 1 aliphatic rings. The fraction of sp³-hybridized carbons (Fsp3) is 0.167. The Kier molecular flexibility index (Phi) is 6.25. The average molecular weight is 464 g/mol. The van der Waals surface area contributed by atoms with E-state index in [2.05, 4.69) is 18.5 Å². The topological polar surface area (TPSA) is 63.9 Å². The Morgan fingerprint density at radius 1 is 1.22 bits per heavy atom. The highest BCUT2D eigenvalue weighted by molar-refractivity contribution is 8.26. The zero-order valence-corrected chi connectivity index (χ0v) is 19.3. The summed E-state index contributed by atoms with van der Waals surface area (Å²) in [6, 6.07) is 11.3. The van der Waals surface area contributed by atoms with Crippen molar-refractivity contribution in [1.82, 2.24) is 14.3 Å². The Morgan fingerprint density at radius 3 is 2.66 bits per heavy atom. The van der Waals surface area contributed by atoms with E-state index in [1.54, 1.807) is 18.3 Å². The van der Waals surface area contributed by atoms with Crippen LogP contribution in [0.25, 0.3) is 11.7 Å². The fourth-order valence-electron chi connectivity index (χ4n) is 3.32. The molecule has 2 aromatic heterocycles. The van der Waals surface area contributed by atoms with Gasteiger partial charge in [0.15, 0.2) is 0 Å². The van der Waals surface area contributed by atoms with Gasteiger partial charge in [-0.3, -0.25) is 18.9 Å². The molecule has 1 fully saturated rings. The van der Waals surface area contributed by atoms with Gasteiger partial charge in [-0.1, -0.05) is 55.2 Å². The maximum Gasteiger partial charge on any atom is 0.269 e. The van der Waals surface area contributed by atoms with E-state index in [4.69, 9.17) is 17.0 Å². The summed E-state index contributed by atoms with van der Waals surface area (Å²) in [5, 5.41) is 0. The Labute approximate surface area is 195 Å². The van der Waals surface area contributed by atoms with E-state index < -0.39 is 0 Å². The lowest BCUT2D eigenvalue weighted by Crippen LogP contribution is -2.28. The van der Waals surface area contributed by atoms with Crippen LogP contribution in [0.2, 0.25) is 0 Å². The van der Waals surface area contributed by atoms with E-state index in [-0.39, 0.29) is 22.9 Å². The summed E-state index contributed by atoms with van der Waals surface area (Å²) in [7, 11) is 0. The summed E-state index contributed by atoms with van der Waals surface area (Å²) in [6.45, 7) is 7.93. The van der Waals surface area contributed by atoms with Crippen molar-refractivity contribution in [2.24, 2.45) is 0 Å². The fourth-order valence-corrected chi connectivity index (χ4v) is 4.57. The second kappa shape index (κ2) is 9.10. The summed E-state index contributed by atoms with van der Waals surface area (Å²) in [5.74, 6) is 0.426. The minimum absolute atomic E-state index is 0.141. The number of ether oxygens (including phenoxy) is 1. The molecular weight excluding hydrogens is 442 g/mol. The number of thioether (sulfide) groups is 1. The van der Waals surface area contributed by atoms with Gasteiger partial charge in [-0.2, -0.15) is 4.98 Å². The highest BCUT2D eigenvalue weighted by atomic mass is 32.2. The Balaban J connectivity index is 1.86. The van der Waals surface area contributed by atoms with Crippen LogP contribution in [-0.4, -0.2) is 31.1 Å². The van der Waals surface area contributed by atoms with Crippen molar-refractivity contribution in [3.05, 3.63) is 87.2 Å². The van der Waals surface area contributed by atoms with Gasteiger partial charge in [-0.25, -0.2) is 0 Å². The van der Waals surface area contributed by atoms with E-state index in [1.165, 1.54) is 20.9 Å². The van der Waals surface area contributed by atoms with Crippen LogP contribution in [0.3, 0.4) is 0 Å². The quantitative estimate of drug-likeness (QED) is 0.299. The number of carbonyl (C=O) groups is 1. The summed E-state index contributed by atoms with van der Waals surface area (Å²) in [5.41, 5.74) is 2.36. The molecule has 1 aliphatic heterocycles. The number of aromatic nitrogens is 2. The number of aryl methyl sites for hydroxylation is 2. The van der Waals surface area contributed by atoms with E-state index in [9.17, 15) is 9.59 Å². The molecule has 6 nitrogen and oxygen atoms in total. The molecule has 3 heterocycles. The lowest BCUT2D eigenvalue weighted by Gasteiger charge is -2.12. The molecule has 0 N–H and O–H groups in total. The number of pyridine rings is 1. The molecular formula is C24H21N3O3S2. The molecule has 1 aromatic carbocycles. The number of benzene rings is 1. The molecule has 0 unspecified atom stereocenters. The van der Waals surface area contributed by atoms with Gasteiger partial charge < -0.3 is 4.74 Å². The maximum atomic E-state index is 13.4. The van der Waals surface area contributed by atoms with Gasteiger partial charge in [0.05, 0.1) is 4.91 Å². The van der Waals surface area contributed by atoms with E-state index in [0.29, 0.717) is 27.2 Å². The van der Waals surface area contributed by atoms with Crippen LogP contribution in [0.15, 0.2) is 64.9 Å². The van der Waals surface area contributed by atoms with E-state index in [0.717, 1.165) is 23.7 Å². The summed E-state index contributed by atoms with van der Waals surface area (Å²) >= 11 is 6.46. The number of amides is 1. The lowest BCUT2D eigenvalue weighted by atomic mass is 10.2.